The molecular formula is C32H37N3O5. The van der Waals surface area contributed by atoms with Crippen LogP contribution >= 0.6 is 0 Å². The molecule has 3 aromatic carbocycles. The highest BCUT2D eigenvalue weighted by Crippen LogP contribution is 2.33. The molecule has 0 saturated heterocycles. The summed E-state index contributed by atoms with van der Waals surface area (Å²) in [6.45, 7) is 2.94. The molecule has 0 saturated carbocycles. The third-order valence-electron chi connectivity index (χ3n) is 6.77. The van der Waals surface area contributed by atoms with E-state index >= 15 is 0 Å². The Morgan fingerprint density at radius 1 is 1.05 bits per heavy atom. The fourth-order valence-corrected chi connectivity index (χ4v) is 4.37. The second-order valence-electron chi connectivity index (χ2n) is 9.55. The van der Waals surface area contributed by atoms with Crippen molar-refractivity contribution in [2.45, 2.75) is 37.8 Å². The third kappa shape index (κ3) is 7.49. The van der Waals surface area contributed by atoms with E-state index in [1.54, 1.807) is 7.11 Å². The van der Waals surface area contributed by atoms with Crippen LogP contribution in [0.3, 0.4) is 0 Å². The summed E-state index contributed by atoms with van der Waals surface area (Å²) in [4.78, 5) is 18.5. The van der Waals surface area contributed by atoms with E-state index in [1.165, 1.54) is 0 Å². The van der Waals surface area contributed by atoms with Crippen LogP contribution in [-0.4, -0.2) is 55.4 Å². The highest BCUT2D eigenvalue weighted by molar-refractivity contribution is 6.00. The fraction of sp³-hybridized carbons (Fsp3) is 0.312. The largest absolute Gasteiger partial charge is 0.497 e. The van der Waals surface area contributed by atoms with E-state index in [-0.39, 0.29) is 12.5 Å². The smallest absolute Gasteiger partial charge is 0.266 e. The van der Waals surface area contributed by atoms with Gasteiger partial charge in [0.1, 0.15) is 17.6 Å². The standard InChI is InChI=1S/C32H37N3O5/c1-24-32(20-6-10-25-8-4-3-5-9-25,31(37)35-33-21-19-26-11-15-28(38-2)16-12-26)34-30(40-24)27-13-17-29(18-14-27)39-23-7-22-36/h3-6,8-18,24,33,36H,7,19-23H2,1-2H3,(H,35,37)/b10-6+/t24-,32-/m0/s1. The van der Waals surface area contributed by atoms with Gasteiger partial charge in [0.25, 0.3) is 5.91 Å². The van der Waals surface area contributed by atoms with Gasteiger partial charge >= 0.3 is 0 Å². The second-order valence-corrected chi connectivity index (χ2v) is 9.55. The van der Waals surface area contributed by atoms with Crippen molar-refractivity contribution in [3.63, 3.8) is 0 Å². The van der Waals surface area contributed by atoms with E-state index in [4.69, 9.17) is 24.3 Å². The molecule has 0 unspecified atom stereocenters. The minimum Gasteiger partial charge on any atom is -0.497 e. The molecule has 8 heteroatoms. The molecule has 1 heterocycles. The lowest BCUT2D eigenvalue weighted by Crippen LogP contribution is -2.54. The van der Waals surface area contributed by atoms with Gasteiger partial charge in [-0.25, -0.2) is 10.4 Å². The van der Waals surface area contributed by atoms with Gasteiger partial charge in [-0.15, -0.1) is 0 Å². The van der Waals surface area contributed by atoms with Crippen LogP contribution in [0.25, 0.3) is 6.08 Å². The number of hydrogen-bond acceptors (Lipinski definition) is 7. The summed E-state index contributed by atoms with van der Waals surface area (Å²) < 4.78 is 17.0. The van der Waals surface area contributed by atoms with Crippen LogP contribution in [0.15, 0.2) is 89.9 Å². The molecule has 210 valence electrons. The van der Waals surface area contributed by atoms with Crippen LogP contribution in [-0.2, 0) is 16.0 Å². The van der Waals surface area contributed by atoms with E-state index < -0.39 is 11.6 Å². The van der Waals surface area contributed by atoms with Gasteiger partial charge in [-0.2, -0.15) is 0 Å². The Balaban J connectivity index is 1.47. The molecule has 1 aliphatic heterocycles. The molecule has 0 fully saturated rings. The highest BCUT2D eigenvalue weighted by atomic mass is 16.5. The molecule has 4 rings (SSSR count). The van der Waals surface area contributed by atoms with Gasteiger partial charge in [-0.3, -0.25) is 10.2 Å². The zero-order chi connectivity index (χ0) is 28.2. The van der Waals surface area contributed by atoms with Crippen molar-refractivity contribution in [1.82, 2.24) is 10.9 Å². The summed E-state index contributed by atoms with van der Waals surface area (Å²) in [6, 6.07) is 25.2. The molecule has 0 bridgehead atoms. The van der Waals surface area contributed by atoms with Crippen molar-refractivity contribution in [3.8, 4) is 11.5 Å². The number of carbonyl (C=O) groups excluding carboxylic acids is 1. The van der Waals surface area contributed by atoms with Crippen molar-refractivity contribution in [1.29, 1.82) is 0 Å². The minimum atomic E-state index is -1.15. The first-order valence-corrected chi connectivity index (χ1v) is 13.5. The number of rotatable bonds is 14. The number of aliphatic imine (C=N–C) groups is 1. The molecule has 40 heavy (non-hydrogen) atoms. The van der Waals surface area contributed by atoms with E-state index in [9.17, 15) is 4.79 Å². The maximum Gasteiger partial charge on any atom is 0.266 e. The predicted octanol–water partition coefficient (Wildman–Crippen LogP) is 4.33. The number of nitrogens with one attached hydrogen (secondary N) is 2. The van der Waals surface area contributed by atoms with Gasteiger partial charge in [0.2, 0.25) is 5.90 Å². The molecule has 0 aliphatic carbocycles. The fourth-order valence-electron chi connectivity index (χ4n) is 4.37. The van der Waals surface area contributed by atoms with Crippen LogP contribution in [0.5, 0.6) is 11.5 Å². The summed E-state index contributed by atoms with van der Waals surface area (Å²) >= 11 is 0. The van der Waals surface area contributed by atoms with Gasteiger partial charge in [-0.1, -0.05) is 54.6 Å². The summed E-state index contributed by atoms with van der Waals surface area (Å²) in [5.41, 5.74) is 7.72. The first-order chi connectivity index (χ1) is 19.5. The van der Waals surface area contributed by atoms with Crippen LogP contribution < -0.4 is 20.3 Å². The zero-order valence-electron chi connectivity index (χ0n) is 23.0. The first-order valence-electron chi connectivity index (χ1n) is 13.5. The summed E-state index contributed by atoms with van der Waals surface area (Å²) in [5.74, 6) is 1.66. The topological polar surface area (TPSA) is 101 Å². The molecule has 3 aromatic rings. The lowest BCUT2D eigenvalue weighted by Gasteiger charge is -2.27. The van der Waals surface area contributed by atoms with Crippen molar-refractivity contribution >= 4 is 17.9 Å². The summed E-state index contributed by atoms with van der Waals surface area (Å²) in [5, 5.41) is 8.96. The third-order valence-corrected chi connectivity index (χ3v) is 6.77. The number of carbonyl (C=O) groups is 1. The Morgan fingerprint density at radius 3 is 2.48 bits per heavy atom. The molecule has 1 amide bonds. The monoisotopic (exact) mass is 543 g/mol. The van der Waals surface area contributed by atoms with E-state index in [1.807, 2.05) is 97.9 Å². The Labute approximate surface area is 235 Å². The number of hydrogen-bond donors (Lipinski definition) is 3. The molecule has 0 radical (unpaired) electrons. The maximum absolute atomic E-state index is 13.6. The molecule has 0 aromatic heterocycles. The lowest BCUT2D eigenvalue weighted by atomic mass is 9.89. The van der Waals surface area contributed by atoms with Crippen LogP contribution in [0.2, 0.25) is 0 Å². The average molecular weight is 544 g/mol. The van der Waals surface area contributed by atoms with Crippen LogP contribution in [0.4, 0.5) is 0 Å². The maximum atomic E-state index is 13.6. The Kier molecular flexibility index (Phi) is 10.3. The van der Waals surface area contributed by atoms with Gasteiger partial charge in [0.15, 0.2) is 5.54 Å². The Morgan fingerprint density at radius 2 is 1.77 bits per heavy atom. The molecule has 1 aliphatic rings. The lowest BCUT2D eigenvalue weighted by molar-refractivity contribution is -0.129. The van der Waals surface area contributed by atoms with Crippen LogP contribution in [0, 0.1) is 0 Å². The van der Waals surface area contributed by atoms with Gasteiger partial charge < -0.3 is 19.3 Å². The average Bonchev–Trinajstić information content (AvgIpc) is 3.33. The molecule has 2 atom stereocenters. The molecular weight excluding hydrogens is 506 g/mol. The predicted molar refractivity (Wildman–Crippen MR) is 156 cm³/mol. The zero-order valence-corrected chi connectivity index (χ0v) is 23.0. The normalized spacial score (nSPS) is 18.3. The molecule has 0 spiro atoms. The number of aliphatic hydroxyl groups excluding tert-OH is 1. The van der Waals surface area contributed by atoms with Gasteiger partial charge in [0, 0.05) is 31.6 Å². The quantitative estimate of drug-likeness (QED) is 0.207. The Bertz CT molecular complexity index is 1280. The number of methoxy groups -OCH3 is 1. The second kappa shape index (κ2) is 14.3. The Hall–Kier alpha value is -4.14. The van der Waals surface area contributed by atoms with Crippen molar-refractivity contribution < 1.29 is 24.1 Å². The van der Waals surface area contributed by atoms with E-state index in [0.717, 1.165) is 28.9 Å². The SMILES string of the molecule is COc1ccc(CCNNC(=O)[C@@]2(C/C=C/c3ccccc3)N=C(c3ccc(OCCCO)cc3)O[C@H]2C)cc1. The number of ether oxygens (including phenoxy) is 3. The van der Waals surface area contributed by atoms with Gasteiger partial charge in [0.05, 0.1) is 13.7 Å². The van der Waals surface area contributed by atoms with Crippen molar-refractivity contribution in [2.24, 2.45) is 4.99 Å². The molecule has 8 nitrogen and oxygen atoms in total. The summed E-state index contributed by atoms with van der Waals surface area (Å²) in [7, 11) is 1.64. The molecule has 3 N–H and O–H groups in total. The number of benzene rings is 3. The van der Waals surface area contributed by atoms with E-state index in [0.29, 0.717) is 37.6 Å². The van der Waals surface area contributed by atoms with Gasteiger partial charge in [-0.05, 0) is 60.9 Å². The van der Waals surface area contributed by atoms with Crippen molar-refractivity contribution in [2.75, 3.05) is 26.9 Å². The highest BCUT2D eigenvalue weighted by Gasteiger charge is 2.49. The number of nitrogens with zero attached hydrogens (tertiary/aromatic N) is 1. The summed E-state index contributed by atoms with van der Waals surface area (Å²) in [6.07, 6.45) is 5.13. The van der Waals surface area contributed by atoms with Crippen molar-refractivity contribution in [3.05, 3.63) is 102 Å². The number of hydrazine groups is 1. The van der Waals surface area contributed by atoms with Crippen LogP contribution in [0.1, 0.15) is 36.5 Å². The minimum absolute atomic E-state index is 0.0832. The number of amides is 1. The first kappa shape index (κ1) is 28.9. The number of aliphatic hydroxyl groups is 1. The van der Waals surface area contributed by atoms with E-state index in [2.05, 4.69) is 10.9 Å².